The first-order valence-corrected chi connectivity index (χ1v) is 11.3. The molecule has 0 spiro atoms. The molecule has 1 N–H and O–H groups in total. The third-order valence-electron chi connectivity index (χ3n) is 4.90. The molecular weight excluding hydrogens is 444 g/mol. The Hall–Kier alpha value is -3.22. The molecule has 3 aromatic carbocycles. The summed E-state index contributed by atoms with van der Waals surface area (Å²) in [5, 5.41) is 4.47. The Morgan fingerprint density at radius 3 is 2.34 bits per heavy atom. The van der Waals surface area contributed by atoms with E-state index in [0.717, 1.165) is 15.8 Å². The summed E-state index contributed by atoms with van der Waals surface area (Å²) >= 11 is 7.58. The van der Waals surface area contributed by atoms with Crippen molar-refractivity contribution in [1.29, 1.82) is 0 Å². The number of rotatable bonds is 6. The van der Waals surface area contributed by atoms with Gasteiger partial charge in [0, 0.05) is 52.0 Å². The summed E-state index contributed by atoms with van der Waals surface area (Å²) in [7, 11) is 3.40. The van der Waals surface area contributed by atoms with E-state index in [2.05, 4.69) is 5.32 Å². The third-order valence-corrected chi connectivity index (χ3v) is 6.19. The number of hydrogen-bond donors (Lipinski definition) is 1. The molecule has 0 fully saturated rings. The van der Waals surface area contributed by atoms with E-state index in [1.807, 2.05) is 48.5 Å². The Kier molecular flexibility index (Phi) is 6.53. The monoisotopic (exact) mass is 464 g/mol. The first-order chi connectivity index (χ1) is 15.4. The Morgan fingerprint density at radius 2 is 1.66 bits per heavy atom. The predicted octanol–water partition coefficient (Wildman–Crippen LogP) is 6.33. The van der Waals surface area contributed by atoms with Crippen molar-refractivity contribution in [2.24, 2.45) is 0 Å². The smallest absolute Gasteiger partial charge is 0.291 e. The van der Waals surface area contributed by atoms with E-state index >= 15 is 0 Å². The molecule has 2 amide bonds. The van der Waals surface area contributed by atoms with E-state index < -0.39 is 0 Å². The first-order valence-electron chi connectivity index (χ1n) is 9.94. The Bertz CT molecular complexity index is 1260. The first kappa shape index (κ1) is 22.0. The normalized spacial score (nSPS) is 10.8. The fourth-order valence-electron chi connectivity index (χ4n) is 3.25. The van der Waals surface area contributed by atoms with Crippen molar-refractivity contribution in [2.75, 3.05) is 19.4 Å². The van der Waals surface area contributed by atoms with Gasteiger partial charge in [-0.2, -0.15) is 0 Å². The standard InChI is InChI=1S/C25H21ClN2O3S/c1-28(2)25(30)16-7-11-18(12-8-16)27-24(29)23-21(20-5-3-4-6-22(20)31-23)15-32-19-13-9-17(26)10-14-19/h3-14H,15H2,1-2H3,(H,27,29). The number of benzene rings is 3. The number of fused-ring (bicyclic) bond motifs is 1. The van der Waals surface area contributed by atoms with Crippen LogP contribution in [0.15, 0.2) is 82.1 Å². The average Bonchev–Trinajstić information content (AvgIpc) is 3.17. The molecule has 0 aliphatic carbocycles. The van der Waals surface area contributed by atoms with E-state index in [1.54, 1.807) is 50.1 Å². The zero-order valence-corrected chi connectivity index (χ0v) is 19.2. The molecule has 5 nitrogen and oxygen atoms in total. The average molecular weight is 465 g/mol. The molecule has 0 unspecified atom stereocenters. The van der Waals surface area contributed by atoms with Crippen LogP contribution < -0.4 is 5.32 Å². The summed E-state index contributed by atoms with van der Waals surface area (Å²) in [6.45, 7) is 0. The Morgan fingerprint density at radius 1 is 0.969 bits per heavy atom. The second-order valence-corrected chi connectivity index (χ2v) is 8.86. The Balaban J connectivity index is 1.57. The highest BCUT2D eigenvalue weighted by atomic mass is 35.5. The zero-order chi connectivity index (χ0) is 22.7. The van der Waals surface area contributed by atoms with Crippen LogP contribution in [0.25, 0.3) is 11.0 Å². The van der Waals surface area contributed by atoms with Gasteiger partial charge in [-0.15, -0.1) is 11.8 Å². The highest BCUT2D eigenvalue weighted by molar-refractivity contribution is 7.98. The highest BCUT2D eigenvalue weighted by Gasteiger charge is 2.21. The summed E-state index contributed by atoms with van der Waals surface area (Å²) in [6, 6.07) is 22.0. The van der Waals surface area contributed by atoms with E-state index in [4.69, 9.17) is 16.0 Å². The molecule has 4 aromatic rings. The second-order valence-electron chi connectivity index (χ2n) is 7.38. The fraction of sp³-hybridized carbons (Fsp3) is 0.120. The van der Waals surface area contributed by atoms with E-state index in [0.29, 0.717) is 27.6 Å². The van der Waals surface area contributed by atoms with Gasteiger partial charge in [-0.25, -0.2) is 0 Å². The van der Waals surface area contributed by atoms with Gasteiger partial charge in [0.25, 0.3) is 11.8 Å². The molecule has 1 heterocycles. The van der Waals surface area contributed by atoms with Gasteiger partial charge in [0.1, 0.15) is 5.58 Å². The molecule has 0 atom stereocenters. The van der Waals surface area contributed by atoms with Crippen LogP contribution in [0.3, 0.4) is 0 Å². The number of nitrogens with zero attached hydrogens (tertiary/aromatic N) is 1. The molecule has 162 valence electrons. The lowest BCUT2D eigenvalue weighted by Gasteiger charge is -2.11. The number of carbonyl (C=O) groups is 2. The van der Waals surface area contributed by atoms with Crippen LogP contribution in [-0.2, 0) is 5.75 Å². The quantitative estimate of drug-likeness (QED) is 0.338. The largest absolute Gasteiger partial charge is 0.451 e. The van der Waals surface area contributed by atoms with E-state index in [9.17, 15) is 9.59 Å². The maximum Gasteiger partial charge on any atom is 0.291 e. The van der Waals surface area contributed by atoms with Gasteiger partial charge in [-0.1, -0.05) is 29.8 Å². The number of halogens is 1. The summed E-state index contributed by atoms with van der Waals surface area (Å²) in [4.78, 5) is 27.7. The minimum Gasteiger partial charge on any atom is -0.451 e. The summed E-state index contributed by atoms with van der Waals surface area (Å²) in [5.74, 6) is 0.417. The molecule has 0 radical (unpaired) electrons. The zero-order valence-electron chi connectivity index (χ0n) is 17.6. The van der Waals surface area contributed by atoms with E-state index in [-0.39, 0.29) is 17.6 Å². The van der Waals surface area contributed by atoms with Crippen LogP contribution in [-0.4, -0.2) is 30.8 Å². The molecule has 0 bridgehead atoms. The highest BCUT2D eigenvalue weighted by Crippen LogP contribution is 2.33. The van der Waals surface area contributed by atoms with Gasteiger partial charge >= 0.3 is 0 Å². The molecule has 1 aromatic heterocycles. The molecule has 32 heavy (non-hydrogen) atoms. The van der Waals surface area contributed by atoms with Crippen molar-refractivity contribution in [3.63, 3.8) is 0 Å². The van der Waals surface area contributed by atoms with Crippen molar-refractivity contribution >= 4 is 51.8 Å². The van der Waals surface area contributed by atoms with Crippen LogP contribution in [0.5, 0.6) is 0 Å². The maximum absolute atomic E-state index is 13.1. The number of anilines is 1. The number of nitrogens with one attached hydrogen (secondary N) is 1. The summed E-state index contributed by atoms with van der Waals surface area (Å²) in [5.41, 5.74) is 2.63. The molecule has 0 saturated heterocycles. The second kappa shape index (κ2) is 9.51. The maximum atomic E-state index is 13.1. The van der Waals surface area contributed by atoms with Gasteiger partial charge in [0.15, 0.2) is 5.76 Å². The van der Waals surface area contributed by atoms with Crippen LogP contribution in [0, 0.1) is 0 Å². The van der Waals surface area contributed by atoms with Gasteiger partial charge in [0.05, 0.1) is 0 Å². The number of carbonyl (C=O) groups excluding carboxylic acids is 2. The van der Waals surface area contributed by atoms with Gasteiger partial charge in [-0.05, 0) is 54.6 Å². The minimum atomic E-state index is -0.334. The van der Waals surface area contributed by atoms with E-state index in [1.165, 1.54) is 4.90 Å². The van der Waals surface area contributed by atoms with Crippen molar-refractivity contribution in [3.8, 4) is 0 Å². The van der Waals surface area contributed by atoms with Gasteiger partial charge in [0.2, 0.25) is 0 Å². The SMILES string of the molecule is CN(C)C(=O)c1ccc(NC(=O)c2oc3ccccc3c2CSc2ccc(Cl)cc2)cc1. The van der Waals surface area contributed by atoms with Crippen LogP contribution in [0.4, 0.5) is 5.69 Å². The topological polar surface area (TPSA) is 62.6 Å². The molecule has 0 aliphatic heterocycles. The van der Waals surface area contributed by atoms with Crippen LogP contribution in [0.1, 0.15) is 26.5 Å². The molecule has 0 saturated carbocycles. The summed E-state index contributed by atoms with van der Waals surface area (Å²) < 4.78 is 5.93. The minimum absolute atomic E-state index is 0.0957. The molecular formula is C25H21ClN2O3S. The molecule has 4 rings (SSSR count). The lowest BCUT2D eigenvalue weighted by Crippen LogP contribution is -2.21. The number of hydrogen-bond acceptors (Lipinski definition) is 4. The molecule has 0 aliphatic rings. The number of thioether (sulfide) groups is 1. The van der Waals surface area contributed by atoms with Crippen LogP contribution >= 0.6 is 23.4 Å². The summed E-state index contributed by atoms with van der Waals surface area (Å²) in [6.07, 6.45) is 0. The number of para-hydroxylation sites is 1. The predicted molar refractivity (Wildman–Crippen MR) is 130 cm³/mol. The van der Waals surface area contributed by atoms with Crippen molar-refractivity contribution < 1.29 is 14.0 Å². The van der Waals surface area contributed by atoms with Crippen molar-refractivity contribution in [1.82, 2.24) is 4.90 Å². The van der Waals surface area contributed by atoms with Gasteiger partial charge < -0.3 is 14.6 Å². The number of furan rings is 1. The van der Waals surface area contributed by atoms with Crippen molar-refractivity contribution in [3.05, 3.63) is 94.7 Å². The molecule has 7 heteroatoms. The van der Waals surface area contributed by atoms with Crippen molar-refractivity contribution in [2.45, 2.75) is 10.6 Å². The lowest BCUT2D eigenvalue weighted by atomic mass is 10.1. The fourth-order valence-corrected chi connectivity index (χ4v) is 4.31. The number of amides is 2. The lowest BCUT2D eigenvalue weighted by molar-refractivity contribution is 0.0827. The third kappa shape index (κ3) is 4.82. The van der Waals surface area contributed by atoms with Gasteiger partial charge in [-0.3, -0.25) is 9.59 Å². The van der Waals surface area contributed by atoms with Crippen LogP contribution in [0.2, 0.25) is 5.02 Å². The Labute approximate surface area is 195 Å².